The van der Waals surface area contributed by atoms with Crippen LogP contribution in [0.15, 0.2) is 18.3 Å². The van der Waals surface area contributed by atoms with E-state index in [0.29, 0.717) is 6.04 Å². The van der Waals surface area contributed by atoms with Crippen LogP contribution < -0.4 is 10.6 Å². The highest BCUT2D eigenvalue weighted by Crippen LogP contribution is 2.13. The summed E-state index contributed by atoms with van der Waals surface area (Å²) in [6.07, 6.45) is 1.88. The monoisotopic (exact) mass is 177 g/mol. The molecule has 0 aromatic carbocycles. The van der Waals surface area contributed by atoms with Gasteiger partial charge in [0, 0.05) is 37.6 Å². The van der Waals surface area contributed by atoms with Crippen LogP contribution in [0.1, 0.15) is 17.3 Å². The van der Waals surface area contributed by atoms with E-state index in [9.17, 15) is 0 Å². The average molecular weight is 177 g/mol. The summed E-state index contributed by atoms with van der Waals surface area (Å²) in [5.41, 5.74) is 2.42. The van der Waals surface area contributed by atoms with Crippen molar-refractivity contribution in [2.45, 2.75) is 13.0 Å². The zero-order valence-electron chi connectivity index (χ0n) is 7.88. The van der Waals surface area contributed by atoms with Gasteiger partial charge < -0.3 is 10.6 Å². The van der Waals surface area contributed by atoms with Crippen molar-refractivity contribution in [3.8, 4) is 0 Å². The molecule has 2 heterocycles. The molecule has 1 aliphatic heterocycles. The minimum atomic E-state index is 0.454. The molecule has 0 spiro atoms. The molecule has 1 fully saturated rings. The molecule has 70 valence electrons. The highest BCUT2D eigenvalue weighted by atomic mass is 15.1. The van der Waals surface area contributed by atoms with Crippen LogP contribution in [0.5, 0.6) is 0 Å². The first-order chi connectivity index (χ1) is 6.36. The van der Waals surface area contributed by atoms with Gasteiger partial charge in [0.15, 0.2) is 0 Å². The molecule has 0 radical (unpaired) electrons. The van der Waals surface area contributed by atoms with Crippen molar-refractivity contribution in [1.29, 1.82) is 0 Å². The third kappa shape index (κ3) is 2.05. The predicted octanol–water partition coefficient (Wildman–Crippen LogP) is 0.624. The Labute approximate surface area is 78.6 Å². The topological polar surface area (TPSA) is 37.0 Å². The molecule has 1 saturated heterocycles. The van der Waals surface area contributed by atoms with E-state index in [1.54, 1.807) is 0 Å². The molecular formula is C10H15N3. The summed E-state index contributed by atoms with van der Waals surface area (Å²) in [4.78, 5) is 4.19. The second-order valence-corrected chi connectivity index (χ2v) is 3.44. The van der Waals surface area contributed by atoms with E-state index >= 15 is 0 Å². The molecule has 1 atom stereocenters. The molecule has 2 rings (SSSR count). The number of hydrogen-bond acceptors (Lipinski definition) is 3. The van der Waals surface area contributed by atoms with Crippen LogP contribution in [-0.4, -0.2) is 24.6 Å². The molecule has 0 aliphatic carbocycles. The number of nitrogens with zero attached hydrogens (tertiary/aromatic N) is 1. The molecule has 13 heavy (non-hydrogen) atoms. The lowest BCUT2D eigenvalue weighted by Gasteiger charge is -2.24. The standard InChI is InChI=1S/C10H15N3/c1-8-6-9(2-3-12-8)10-7-11-4-5-13-10/h2-3,6,10-11,13H,4-5,7H2,1H3/t10-/m0/s1. The summed E-state index contributed by atoms with van der Waals surface area (Å²) in [5.74, 6) is 0. The highest BCUT2D eigenvalue weighted by Gasteiger charge is 2.13. The Kier molecular flexibility index (Phi) is 2.57. The Morgan fingerprint density at radius 1 is 1.46 bits per heavy atom. The first-order valence-corrected chi connectivity index (χ1v) is 4.73. The van der Waals surface area contributed by atoms with Crippen molar-refractivity contribution in [3.05, 3.63) is 29.6 Å². The normalized spacial score (nSPS) is 23.0. The van der Waals surface area contributed by atoms with Gasteiger partial charge in [-0.3, -0.25) is 4.98 Å². The number of aromatic nitrogens is 1. The molecular weight excluding hydrogens is 162 g/mol. The van der Waals surface area contributed by atoms with E-state index < -0.39 is 0 Å². The van der Waals surface area contributed by atoms with E-state index in [2.05, 4.69) is 27.8 Å². The Morgan fingerprint density at radius 2 is 2.38 bits per heavy atom. The lowest BCUT2D eigenvalue weighted by molar-refractivity contribution is 0.430. The molecule has 3 nitrogen and oxygen atoms in total. The highest BCUT2D eigenvalue weighted by molar-refractivity contribution is 5.20. The average Bonchev–Trinajstić information content (AvgIpc) is 2.19. The van der Waals surface area contributed by atoms with Crippen LogP contribution >= 0.6 is 0 Å². The van der Waals surface area contributed by atoms with Gasteiger partial charge in [0.1, 0.15) is 0 Å². The van der Waals surface area contributed by atoms with Gasteiger partial charge in [0.25, 0.3) is 0 Å². The summed E-state index contributed by atoms with van der Waals surface area (Å²) in [7, 11) is 0. The number of nitrogens with one attached hydrogen (secondary N) is 2. The van der Waals surface area contributed by atoms with Crippen molar-refractivity contribution < 1.29 is 0 Å². The number of hydrogen-bond donors (Lipinski definition) is 2. The van der Waals surface area contributed by atoms with Crippen LogP contribution in [0.3, 0.4) is 0 Å². The second kappa shape index (κ2) is 3.85. The van der Waals surface area contributed by atoms with Gasteiger partial charge in [-0.1, -0.05) is 0 Å². The zero-order chi connectivity index (χ0) is 9.10. The summed E-state index contributed by atoms with van der Waals surface area (Å²) >= 11 is 0. The maximum Gasteiger partial charge on any atom is 0.0448 e. The Balaban J connectivity index is 2.14. The molecule has 2 N–H and O–H groups in total. The number of rotatable bonds is 1. The van der Waals surface area contributed by atoms with E-state index in [4.69, 9.17) is 0 Å². The minimum absolute atomic E-state index is 0.454. The van der Waals surface area contributed by atoms with E-state index in [0.717, 1.165) is 25.3 Å². The molecule has 1 aromatic rings. The van der Waals surface area contributed by atoms with Crippen molar-refractivity contribution in [1.82, 2.24) is 15.6 Å². The van der Waals surface area contributed by atoms with Gasteiger partial charge in [-0.15, -0.1) is 0 Å². The van der Waals surface area contributed by atoms with E-state index in [-0.39, 0.29) is 0 Å². The lowest BCUT2D eigenvalue weighted by atomic mass is 10.1. The summed E-state index contributed by atoms with van der Waals surface area (Å²) in [5, 5.41) is 6.84. The van der Waals surface area contributed by atoms with Gasteiger partial charge in [0.2, 0.25) is 0 Å². The predicted molar refractivity (Wildman–Crippen MR) is 52.6 cm³/mol. The molecule has 0 amide bonds. The van der Waals surface area contributed by atoms with Gasteiger partial charge in [0.05, 0.1) is 0 Å². The van der Waals surface area contributed by atoms with Crippen molar-refractivity contribution in [2.24, 2.45) is 0 Å². The van der Waals surface area contributed by atoms with Crippen molar-refractivity contribution >= 4 is 0 Å². The Hall–Kier alpha value is -0.930. The number of piperazine rings is 1. The molecule has 0 saturated carbocycles. The fraction of sp³-hybridized carbons (Fsp3) is 0.500. The maximum atomic E-state index is 4.19. The van der Waals surface area contributed by atoms with Crippen molar-refractivity contribution in [3.63, 3.8) is 0 Å². The molecule has 1 aliphatic rings. The van der Waals surface area contributed by atoms with Crippen LogP contribution in [0.25, 0.3) is 0 Å². The molecule has 3 heteroatoms. The summed E-state index contributed by atoms with van der Waals surface area (Å²) in [6, 6.07) is 4.68. The minimum Gasteiger partial charge on any atom is -0.314 e. The van der Waals surface area contributed by atoms with Gasteiger partial charge in [-0.05, 0) is 24.6 Å². The van der Waals surface area contributed by atoms with E-state index in [1.807, 2.05) is 13.1 Å². The third-order valence-electron chi connectivity index (χ3n) is 2.36. The number of aryl methyl sites for hydroxylation is 1. The lowest BCUT2D eigenvalue weighted by Crippen LogP contribution is -2.42. The Bertz CT molecular complexity index is 279. The van der Waals surface area contributed by atoms with Crippen LogP contribution in [0, 0.1) is 6.92 Å². The molecule has 1 aromatic heterocycles. The maximum absolute atomic E-state index is 4.19. The first kappa shape index (κ1) is 8.66. The summed E-state index contributed by atoms with van der Waals surface area (Å²) < 4.78 is 0. The van der Waals surface area contributed by atoms with Crippen LogP contribution in [-0.2, 0) is 0 Å². The van der Waals surface area contributed by atoms with E-state index in [1.165, 1.54) is 5.56 Å². The SMILES string of the molecule is Cc1cc([C@@H]2CNCCN2)ccn1. The van der Waals surface area contributed by atoms with Crippen LogP contribution in [0.4, 0.5) is 0 Å². The molecule has 0 unspecified atom stereocenters. The fourth-order valence-corrected chi connectivity index (χ4v) is 1.67. The third-order valence-corrected chi connectivity index (χ3v) is 2.36. The largest absolute Gasteiger partial charge is 0.314 e. The van der Waals surface area contributed by atoms with Crippen molar-refractivity contribution in [2.75, 3.05) is 19.6 Å². The van der Waals surface area contributed by atoms with Gasteiger partial charge >= 0.3 is 0 Å². The fourth-order valence-electron chi connectivity index (χ4n) is 1.67. The summed E-state index contributed by atoms with van der Waals surface area (Å²) in [6.45, 7) is 5.16. The smallest absolute Gasteiger partial charge is 0.0448 e. The number of pyridine rings is 1. The quantitative estimate of drug-likeness (QED) is 0.660. The second-order valence-electron chi connectivity index (χ2n) is 3.44. The van der Waals surface area contributed by atoms with Gasteiger partial charge in [-0.25, -0.2) is 0 Å². The Morgan fingerprint density at radius 3 is 3.08 bits per heavy atom. The zero-order valence-corrected chi connectivity index (χ0v) is 7.88. The van der Waals surface area contributed by atoms with Crippen LogP contribution in [0.2, 0.25) is 0 Å². The van der Waals surface area contributed by atoms with Gasteiger partial charge in [-0.2, -0.15) is 0 Å². The first-order valence-electron chi connectivity index (χ1n) is 4.73. The molecule has 0 bridgehead atoms.